The quantitative estimate of drug-likeness (QED) is 0.595. The van der Waals surface area contributed by atoms with Gasteiger partial charge in [0, 0.05) is 0 Å². The topological polar surface area (TPSA) is 30.7 Å². The summed E-state index contributed by atoms with van der Waals surface area (Å²) in [5, 5.41) is 9.19. The number of aromatic nitrogens is 3. The number of nitrogens with zero attached hydrogens (tertiary/aromatic N) is 3. The second-order valence-electron chi connectivity index (χ2n) is 2.80. The largest absolute Gasteiger partial charge is 0.291 e. The molecule has 4 heteroatoms. The fourth-order valence-electron chi connectivity index (χ4n) is 1.52. The molecule has 1 aromatic rings. The molecule has 0 aromatic carbocycles. The van der Waals surface area contributed by atoms with Gasteiger partial charge in [-0.05, 0) is 0 Å². The summed E-state index contributed by atoms with van der Waals surface area (Å²) in [5.74, 6) is 0. The van der Waals surface area contributed by atoms with Crippen LogP contribution in [-0.2, 0) is 0 Å². The van der Waals surface area contributed by atoms with Crippen molar-refractivity contribution in [2.24, 2.45) is 0 Å². The second-order valence-corrected chi connectivity index (χ2v) is 3.94. The molecule has 2 heterocycles. The molecular weight excluding hydrogens is 170 g/mol. The van der Waals surface area contributed by atoms with Crippen LogP contribution in [0.2, 0.25) is 0 Å². The highest BCUT2D eigenvalue weighted by molar-refractivity contribution is 8.00. The van der Waals surface area contributed by atoms with E-state index in [1.807, 2.05) is 4.57 Å². The third-order valence-electron chi connectivity index (χ3n) is 2.09. The van der Waals surface area contributed by atoms with Gasteiger partial charge in [-0.25, -0.2) is 0 Å². The highest BCUT2D eigenvalue weighted by Gasteiger charge is 2.31. The molecule has 0 saturated carbocycles. The van der Waals surface area contributed by atoms with Crippen LogP contribution in [-0.4, -0.2) is 20.0 Å². The molecule has 0 N–H and O–H groups in total. The van der Waals surface area contributed by atoms with E-state index in [9.17, 15) is 0 Å². The number of allylic oxidation sites excluding steroid dienone is 3. The molecule has 12 heavy (non-hydrogen) atoms. The van der Waals surface area contributed by atoms with E-state index in [1.54, 1.807) is 11.8 Å². The van der Waals surface area contributed by atoms with Crippen molar-refractivity contribution in [3.05, 3.63) is 30.6 Å². The van der Waals surface area contributed by atoms with Crippen LogP contribution in [0.5, 0.6) is 0 Å². The molecule has 0 amide bonds. The average Bonchev–Trinajstić information content (AvgIpc) is 2.62. The Morgan fingerprint density at radius 2 is 2.33 bits per heavy atom. The van der Waals surface area contributed by atoms with Crippen LogP contribution >= 0.6 is 11.8 Å². The van der Waals surface area contributed by atoms with Gasteiger partial charge >= 0.3 is 0 Å². The van der Waals surface area contributed by atoms with Crippen molar-refractivity contribution < 1.29 is 0 Å². The zero-order valence-corrected chi connectivity index (χ0v) is 7.03. The van der Waals surface area contributed by atoms with Crippen LogP contribution in [0.25, 0.3) is 0 Å². The highest BCUT2D eigenvalue weighted by atomic mass is 32.2. The van der Waals surface area contributed by atoms with E-state index in [-0.39, 0.29) is 0 Å². The van der Waals surface area contributed by atoms with Crippen LogP contribution in [0.3, 0.4) is 0 Å². The van der Waals surface area contributed by atoms with Crippen LogP contribution in [0, 0.1) is 6.33 Å². The maximum absolute atomic E-state index is 3.97. The van der Waals surface area contributed by atoms with E-state index in [4.69, 9.17) is 0 Å². The van der Waals surface area contributed by atoms with Crippen LogP contribution in [0.4, 0.5) is 0 Å². The first-order valence-corrected chi connectivity index (χ1v) is 4.67. The lowest BCUT2D eigenvalue weighted by Gasteiger charge is -2.14. The minimum absolute atomic E-state index is 0.380. The Hall–Kier alpha value is -1.03. The predicted molar refractivity (Wildman–Crippen MR) is 45.8 cm³/mol. The standard InChI is InChI=1S/C8H6N3S/c1-2-4-7-6(3-1)11-5-9-10-8(11)12-7/h1-4,6-7H. The van der Waals surface area contributed by atoms with Gasteiger partial charge in [-0.15, -0.1) is 10.2 Å². The lowest BCUT2D eigenvalue weighted by atomic mass is 10.1. The zero-order valence-electron chi connectivity index (χ0n) is 6.21. The average molecular weight is 176 g/mol. The lowest BCUT2D eigenvalue weighted by molar-refractivity contribution is 0.594. The third-order valence-corrected chi connectivity index (χ3v) is 3.29. The van der Waals surface area contributed by atoms with Crippen molar-refractivity contribution in [2.75, 3.05) is 0 Å². The van der Waals surface area contributed by atoms with Crippen LogP contribution in [0.1, 0.15) is 6.04 Å². The Bertz CT molecular complexity index is 366. The Labute approximate surface area is 74.2 Å². The summed E-state index contributed by atoms with van der Waals surface area (Å²) >= 11 is 1.75. The first-order chi connectivity index (χ1) is 5.95. The summed E-state index contributed by atoms with van der Waals surface area (Å²) in [5.41, 5.74) is 0. The van der Waals surface area contributed by atoms with Crippen LogP contribution in [0.15, 0.2) is 29.5 Å². The lowest BCUT2D eigenvalue weighted by Crippen LogP contribution is -2.12. The van der Waals surface area contributed by atoms with Gasteiger partial charge in [0.15, 0.2) is 5.16 Å². The van der Waals surface area contributed by atoms with Crippen molar-refractivity contribution in [1.29, 1.82) is 0 Å². The summed E-state index contributed by atoms with van der Waals surface area (Å²) < 4.78 is 2.00. The third kappa shape index (κ3) is 0.728. The maximum atomic E-state index is 3.97. The Morgan fingerprint density at radius 3 is 3.33 bits per heavy atom. The molecule has 0 spiro atoms. The predicted octanol–water partition coefficient (Wildman–Crippen LogP) is 1.22. The van der Waals surface area contributed by atoms with Gasteiger partial charge < -0.3 is 0 Å². The maximum Gasteiger partial charge on any atom is 0.203 e. The molecule has 1 aliphatic carbocycles. The second kappa shape index (κ2) is 2.23. The van der Waals surface area contributed by atoms with Gasteiger partial charge in [0.1, 0.15) is 0 Å². The molecule has 3 rings (SSSR count). The van der Waals surface area contributed by atoms with E-state index in [0.717, 1.165) is 5.16 Å². The van der Waals surface area contributed by atoms with E-state index in [0.29, 0.717) is 11.3 Å². The number of fused-ring (bicyclic) bond motifs is 3. The molecule has 3 nitrogen and oxygen atoms in total. The minimum Gasteiger partial charge on any atom is -0.291 e. The zero-order chi connectivity index (χ0) is 7.97. The van der Waals surface area contributed by atoms with Crippen molar-refractivity contribution in [3.8, 4) is 0 Å². The molecule has 2 aliphatic rings. The van der Waals surface area contributed by atoms with Gasteiger partial charge in [-0.3, -0.25) is 4.57 Å². The normalized spacial score (nSPS) is 30.3. The van der Waals surface area contributed by atoms with E-state index < -0.39 is 0 Å². The van der Waals surface area contributed by atoms with Gasteiger partial charge in [0.2, 0.25) is 6.33 Å². The minimum atomic E-state index is 0.380. The molecular formula is C8H6N3S. The molecule has 1 aliphatic heterocycles. The molecule has 0 fully saturated rings. The van der Waals surface area contributed by atoms with Crippen molar-refractivity contribution in [3.63, 3.8) is 0 Å². The number of hydrogen-bond donors (Lipinski definition) is 0. The molecule has 0 bridgehead atoms. The summed E-state index contributed by atoms with van der Waals surface area (Å²) in [6.07, 6.45) is 11.4. The van der Waals surface area contributed by atoms with E-state index in [2.05, 4.69) is 40.8 Å². The summed E-state index contributed by atoms with van der Waals surface area (Å²) in [6.45, 7) is 0. The summed E-state index contributed by atoms with van der Waals surface area (Å²) in [4.78, 5) is 0. The van der Waals surface area contributed by atoms with E-state index >= 15 is 0 Å². The Kier molecular flexibility index (Phi) is 1.20. The molecule has 2 unspecified atom stereocenters. The highest BCUT2D eigenvalue weighted by Crippen LogP contribution is 2.40. The van der Waals surface area contributed by atoms with Gasteiger partial charge in [-0.2, -0.15) is 0 Å². The Morgan fingerprint density at radius 1 is 1.42 bits per heavy atom. The fourth-order valence-corrected chi connectivity index (χ4v) is 2.65. The molecule has 59 valence electrons. The molecule has 1 radical (unpaired) electrons. The molecule has 2 atom stereocenters. The van der Waals surface area contributed by atoms with Crippen molar-refractivity contribution >= 4 is 11.8 Å². The SMILES string of the molecule is [c]1nnc2n1C1C=CC=CC1S2. The number of thioether (sulfide) groups is 1. The van der Waals surface area contributed by atoms with Crippen molar-refractivity contribution in [1.82, 2.24) is 14.8 Å². The fraction of sp³-hybridized carbons (Fsp3) is 0.250. The number of rotatable bonds is 0. The Balaban J connectivity index is 2.11. The van der Waals surface area contributed by atoms with E-state index in [1.165, 1.54) is 0 Å². The van der Waals surface area contributed by atoms with Crippen LogP contribution < -0.4 is 0 Å². The number of hydrogen-bond acceptors (Lipinski definition) is 3. The molecule has 0 saturated heterocycles. The summed E-state index contributed by atoms with van der Waals surface area (Å²) in [6, 6.07) is 0.380. The molecule has 1 aromatic heterocycles. The van der Waals surface area contributed by atoms with Gasteiger partial charge in [0.25, 0.3) is 0 Å². The smallest absolute Gasteiger partial charge is 0.203 e. The van der Waals surface area contributed by atoms with Gasteiger partial charge in [0.05, 0.1) is 11.3 Å². The van der Waals surface area contributed by atoms with Crippen molar-refractivity contribution in [2.45, 2.75) is 16.4 Å². The summed E-state index contributed by atoms with van der Waals surface area (Å²) in [7, 11) is 0. The first-order valence-electron chi connectivity index (χ1n) is 3.79. The first kappa shape index (κ1) is 6.48. The monoisotopic (exact) mass is 176 g/mol. The van der Waals surface area contributed by atoms with Gasteiger partial charge in [-0.1, -0.05) is 36.1 Å².